The van der Waals surface area contributed by atoms with Crippen LogP contribution >= 0.6 is 0 Å². The van der Waals surface area contributed by atoms with Crippen molar-refractivity contribution in [2.45, 2.75) is 50.1 Å². The molecule has 0 aromatic carbocycles. The number of hydrogen-bond acceptors (Lipinski definition) is 6. The van der Waals surface area contributed by atoms with Gasteiger partial charge in [-0.3, -0.25) is 9.59 Å². The Morgan fingerprint density at radius 2 is 1.90 bits per heavy atom. The van der Waals surface area contributed by atoms with Crippen molar-refractivity contribution in [1.82, 2.24) is 0 Å². The van der Waals surface area contributed by atoms with Crippen LogP contribution in [0.5, 0.6) is 0 Å². The van der Waals surface area contributed by atoms with E-state index >= 15 is 0 Å². The largest absolute Gasteiger partial charge is 0.387 e. The van der Waals surface area contributed by atoms with Gasteiger partial charge in [-0.1, -0.05) is 6.92 Å². The topological polar surface area (TPSA) is 156 Å². The van der Waals surface area contributed by atoms with Gasteiger partial charge in [-0.15, -0.1) is 0 Å². The summed E-state index contributed by atoms with van der Waals surface area (Å²) < 4.78 is 5.39. The highest BCUT2D eigenvalue weighted by atomic mass is 16.5. The van der Waals surface area contributed by atoms with Crippen LogP contribution < -0.4 is 11.5 Å². The molecule has 2 amide bonds. The van der Waals surface area contributed by atoms with Crippen LogP contribution in [0, 0.1) is 5.92 Å². The van der Waals surface area contributed by atoms with Crippen molar-refractivity contribution < 1.29 is 29.6 Å². The number of primary amides is 2. The predicted octanol–water partition coefficient (Wildman–Crippen LogP) is -2.38. The fourth-order valence-corrected chi connectivity index (χ4v) is 2.51. The molecule has 0 aromatic rings. The Kier molecular flexibility index (Phi) is 5.46. The van der Waals surface area contributed by atoms with Crippen LogP contribution in [0.3, 0.4) is 0 Å². The van der Waals surface area contributed by atoms with Crippen LogP contribution in [0.1, 0.15) is 26.2 Å². The van der Waals surface area contributed by atoms with Crippen LogP contribution in [0.25, 0.3) is 0 Å². The number of aliphatic hydroxyl groups is 3. The molecule has 1 saturated heterocycles. The van der Waals surface area contributed by atoms with E-state index in [9.17, 15) is 24.9 Å². The summed E-state index contributed by atoms with van der Waals surface area (Å²) in [6, 6.07) is 0. The van der Waals surface area contributed by atoms with Gasteiger partial charge >= 0.3 is 0 Å². The van der Waals surface area contributed by atoms with Gasteiger partial charge in [0.15, 0.2) is 11.7 Å². The average molecular weight is 290 g/mol. The molecule has 1 aliphatic heterocycles. The molecule has 0 radical (unpaired) electrons. The third-order valence-corrected chi connectivity index (χ3v) is 3.69. The van der Waals surface area contributed by atoms with E-state index in [0.29, 0.717) is 6.42 Å². The van der Waals surface area contributed by atoms with Gasteiger partial charge < -0.3 is 31.5 Å². The minimum absolute atomic E-state index is 0.0255. The number of hydrogen-bond donors (Lipinski definition) is 5. The Balaban J connectivity index is 3.05. The third kappa shape index (κ3) is 3.26. The molecule has 0 saturated carbocycles. The van der Waals surface area contributed by atoms with E-state index < -0.39 is 35.7 Å². The van der Waals surface area contributed by atoms with Gasteiger partial charge in [0.05, 0.1) is 0 Å². The Hall–Kier alpha value is -1.22. The quantitative estimate of drug-likeness (QED) is 0.380. The number of carbonyl (C=O) groups is 2. The lowest BCUT2D eigenvalue weighted by Gasteiger charge is -2.38. The predicted molar refractivity (Wildman–Crippen MR) is 68.1 cm³/mol. The molecule has 0 aliphatic carbocycles. The summed E-state index contributed by atoms with van der Waals surface area (Å²) in [6.07, 6.45) is -4.27. The summed E-state index contributed by atoms with van der Waals surface area (Å²) in [4.78, 5) is 22.6. The molecule has 5 atom stereocenters. The zero-order valence-corrected chi connectivity index (χ0v) is 11.4. The average Bonchev–Trinajstić information content (AvgIpc) is 2.58. The first kappa shape index (κ1) is 16.8. The summed E-state index contributed by atoms with van der Waals surface area (Å²) >= 11 is 0. The lowest BCUT2D eigenvalue weighted by Crippen LogP contribution is -2.62. The van der Waals surface area contributed by atoms with Crippen molar-refractivity contribution in [2.24, 2.45) is 17.4 Å². The second-order valence-electron chi connectivity index (χ2n) is 5.34. The summed E-state index contributed by atoms with van der Waals surface area (Å²) in [7, 11) is 0. The zero-order valence-electron chi connectivity index (χ0n) is 11.4. The number of ether oxygens (including phenoxy) is 1. The van der Waals surface area contributed by atoms with Crippen LogP contribution in [0.15, 0.2) is 0 Å². The molecule has 1 unspecified atom stereocenters. The molecule has 1 rings (SSSR count). The molecule has 8 nitrogen and oxygen atoms in total. The maximum Gasteiger partial charge on any atom is 0.252 e. The van der Waals surface area contributed by atoms with Gasteiger partial charge in [-0.2, -0.15) is 0 Å². The fourth-order valence-electron chi connectivity index (χ4n) is 2.51. The van der Waals surface area contributed by atoms with Crippen molar-refractivity contribution in [1.29, 1.82) is 0 Å². The van der Waals surface area contributed by atoms with Gasteiger partial charge in [0.25, 0.3) is 5.91 Å². The van der Waals surface area contributed by atoms with Gasteiger partial charge in [0.2, 0.25) is 5.91 Å². The van der Waals surface area contributed by atoms with Gasteiger partial charge in [0.1, 0.15) is 12.2 Å². The van der Waals surface area contributed by atoms with Crippen LogP contribution in [0.4, 0.5) is 0 Å². The molecule has 0 aromatic heterocycles. The standard InChI is InChI=1S/C12H22N2O6/c1-6-3-2-4-20-12(5-6,11(14)19)9(17)7(15)8(16)10(13)18/h6-9,15-17H,2-5H2,1H3,(H2,13,18)(H2,14,19)/t6?,7-,8+,9+,12-/m1/s1. The first-order valence-electron chi connectivity index (χ1n) is 6.49. The minimum Gasteiger partial charge on any atom is -0.387 e. The monoisotopic (exact) mass is 290 g/mol. The summed E-state index contributed by atoms with van der Waals surface area (Å²) in [5.41, 5.74) is 8.34. The van der Waals surface area contributed by atoms with E-state index in [4.69, 9.17) is 16.2 Å². The van der Waals surface area contributed by atoms with Crippen LogP contribution in [-0.2, 0) is 14.3 Å². The Labute approximate surface area is 116 Å². The van der Waals surface area contributed by atoms with Crippen molar-refractivity contribution in [3.8, 4) is 0 Å². The van der Waals surface area contributed by atoms with Gasteiger partial charge in [0, 0.05) is 6.61 Å². The van der Waals surface area contributed by atoms with Crippen molar-refractivity contribution in [3.63, 3.8) is 0 Å². The first-order valence-corrected chi connectivity index (χ1v) is 6.49. The number of nitrogens with two attached hydrogens (primary N) is 2. The van der Waals surface area contributed by atoms with Crippen LogP contribution in [0.2, 0.25) is 0 Å². The zero-order chi connectivity index (χ0) is 15.5. The van der Waals surface area contributed by atoms with Crippen LogP contribution in [-0.4, -0.2) is 57.7 Å². The molecule has 0 bridgehead atoms. The second-order valence-corrected chi connectivity index (χ2v) is 5.34. The molecular weight excluding hydrogens is 268 g/mol. The first-order chi connectivity index (χ1) is 9.22. The third-order valence-electron chi connectivity index (χ3n) is 3.69. The molecule has 8 heteroatoms. The van der Waals surface area contributed by atoms with E-state index in [1.165, 1.54) is 0 Å². The van der Waals surface area contributed by atoms with E-state index in [1.807, 2.05) is 6.92 Å². The lowest BCUT2D eigenvalue weighted by molar-refractivity contribution is -0.189. The van der Waals surface area contributed by atoms with Gasteiger partial charge in [-0.25, -0.2) is 0 Å². The Morgan fingerprint density at radius 1 is 1.30 bits per heavy atom. The Bertz CT molecular complexity index is 377. The van der Waals surface area contributed by atoms with E-state index in [0.717, 1.165) is 6.42 Å². The number of aliphatic hydroxyl groups excluding tert-OH is 3. The summed E-state index contributed by atoms with van der Waals surface area (Å²) in [5.74, 6) is -2.13. The number of rotatable bonds is 5. The normalized spacial score (nSPS) is 31.9. The van der Waals surface area contributed by atoms with Crippen molar-refractivity contribution in [2.75, 3.05) is 6.61 Å². The van der Waals surface area contributed by atoms with Crippen molar-refractivity contribution >= 4 is 11.8 Å². The van der Waals surface area contributed by atoms with Crippen molar-refractivity contribution in [3.05, 3.63) is 0 Å². The number of amides is 2. The highest BCUT2D eigenvalue weighted by Crippen LogP contribution is 2.33. The van der Waals surface area contributed by atoms with E-state index in [2.05, 4.69) is 0 Å². The maximum atomic E-state index is 11.7. The number of carbonyl (C=O) groups excluding carboxylic acids is 2. The Morgan fingerprint density at radius 3 is 2.40 bits per heavy atom. The molecule has 7 N–H and O–H groups in total. The molecule has 1 aliphatic rings. The molecule has 20 heavy (non-hydrogen) atoms. The highest BCUT2D eigenvalue weighted by molar-refractivity contribution is 5.85. The minimum atomic E-state index is -2.01. The maximum absolute atomic E-state index is 11.7. The molecule has 0 spiro atoms. The second kappa shape index (κ2) is 6.49. The molecule has 1 heterocycles. The fraction of sp³-hybridized carbons (Fsp3) is 0.833. The summed E-state index contributed by atoms with van der Waals surface area (Å²) in [5, 5.41) is 29.4. The smallest absolute Gasteiger partial charge is 0.252 e. The lowest BCUT2D eigenvalue weighted by atomic mass is 9.81. The van der Waals surface area contributed by atoms with E-state index in [-0.39, 0.29) is 18.9 Å². The molecule has 116 valence electrons. The molecule has 1 fully saturated rings. The van der Waals surface area contributed by atoms with E-state index in [1.54, 1.807) is 0 Å². The SMILES string of the molecule is CC1CCCO[C@@](C(N)=O)([C@@H](O)[C@H](O)[C@H](O)C(N)=O)C1. The summed E-state index contributed by atoms with van der Waals surface area (Å²) in [6.45, 7) is 2.04. The van der Waals surface area contributed by atoms with Gasteiger partial charge in [-0.05, 0) is 25.2 Å². The highest BCUT2D eigenvalue weighted by Gasteiger charge is 2.51. The molecular formula is C12H22N2O6.